The maximum Gasteiger partial charge on any atom is 0.407 e. The first-order valence-corrected chi connectivity index (χ1v) is 17.1. The number of ether oxygens (including phenoxy) is 2. The zero-order valence-electron chi connectivity index (χ0n) is 24.0. The molecule has 0 heterocycles. The van der Waals surface area contributed by atoms with Gasteiger partial charge in [-0.05, 0) is 26.2 Å². The average Bonchev–Trinajstić information content (AvgIpc) is 2.88. The fourth-order valence-corrected chi connectivity index (χ4v) is 6.42. The van der Waals surface area contributed by atoms with Crippen molar-refractivity contribution < 1.29 is 33.3 Å². The number of carbonyl (C=O) groups is 1. The summed E-state index contributed by atoms with van der Waals surface area (Å²) in [4.78, 5) is 11.7. The number of hydrogen-bond donors (Lipinski definition) is 2. The molecule has 0 rings (SSSR count). The highest BCUT2D eigenvalue weighted by Crippen LogP contribution is 2.30. The Labute approximate surface area is 230 Å². The molecule has 0 saturated heterocycles. The minimum atomic E-state index is -2.66. The Balaban J connectivity index is 5.06. The summed E-state index contributed by atoms with van der Waals surface area (Å²) in [6.45, 7) is 8.17. The lowest BCUT2D eigenvalue weighted by Crippen LogP contribution is -2.50. The summed E-state index contributed by atoms with van der Waals surface area (Å²) < 4.78 is 36.4. The van der Waals surface area contributed by atoms with E-state index in [1.54, 1.807) is 6.92 Å². The molecule has 0 aliphatic carbocycles. The van der Waals surface area contributed by atoms with E-state index >= 15 is 0 Å². The van der Waals surface area contributed by atoms with Gasteiger partial charge in [-0.1, -0.05) is 115 Å². The van der Waals surface area contributed by atoms with Gasteiger partial charge in [0.1, 0.15) is 0 Å². The van der Waals surface area contributed by atoms with Gasteiger partial charge in [-0.2, -0.15) is 0 Å². The fourth-order valence-electron chi connectivity index (χ4n) is 4.37. The van der Waals surface area contributed by atoms with Crippen LogP contribution in [0.4, 0.5) is 0 Å². The Morgan fingerprint density at radius 3 is 1.78 bits per heavy atom. The molecule has 37 heavy (non-hydrogen) atoms. The van der Waals surface area contributed by atoms with Crippen LogP contribution in [0.15, 0.2) is 0 Å². The van der Waals surface area contributed by atoms with Crippen molar-refractivity contribution in [3.63, 3.8) is 0 Å². The lowest BCUT2D eigenvalue weighted by Gasteiger charge is -2.30. The van der Waals surface area contributed by atoms with E-state index in [4.69, 9.17) is 9.47 Å². The summed E-state index contributed by atoms with van der Waals surface area (Å²) in [5.41, 5.74) is 0. The third kappa shape index (κ3) is 16.3. The lowest BCUT2D eigenvalue weighted by molar-refractivity contribution is -0.230. The standard InChI is InChI=1S/C28H55O7PS/c1-5-8-10-12-14-15-16-18-20-23-37(33)25(21-19-17-13-11-9-6-2)24(4)35-27(34-22-7-3)28(31,36-32)26(29)30/h24-25,27,31H,5-23H2,1-4H3,(H,29,30)/p+1. The molecule has 0 aromatic rings. The van der Waals surface area contributed by atoms with Crippen molar-refractivity contribution >= 4 is 25.2 Å². The second kappa shape index (κ2) is 23.5. The molecule has 6 unspecified atom stereocenters. The minimum Gasteiger partial charge on any atom is -0.476 e. The summed E-state index contributed by atoms with van der Waals surface area (Å²) in [7, 11) is -2.71. The summed E-state index contributed by atoms with van der Waals surface area (Å²) in [5, 5.41) is 17.0. The Bertz CT molecular complexity index is 607. The molecule has 0 aliphatic heterocycles. The third-order valence-corrected chi connectivity index (χ3v) is 9.53. The van der Waals surface area contributed by atoms with Gasteiger partial charge in [0.2, 0.25) is 6.29 Å². The monoisotopic (exact) mass is 567 g/mol. The van der Waals surface area contributed by atoms with Crippen LogP contribution in [0.25, 0.3) is 0 Å². The molecule has 0 saturated carbocycles. The SMILES string of the molecule is CCCCCCCCCCCS(=O)C(CCCCCCCC)C(C)OC(OCCC)C(O)([PH+]=O)C(=O)O. The Hall–Kier alpha value is -0.400. The number of carboxylic acid groups (broad SMARTS) is 1. The Morgan fingerprint density at radius 1 is 0.838 bits per heavy atom. The maximum absolute atomic E-state index is 13.4. The lowest BCUT2D eigenvalue weighted by atomic mass is 10.1. The molecule has 0 aromatic heterocycles. The Kier molecular flexibility index (Phi) is 23.2. The van der Waals surface area contributed by atoms with Crippen LogP contribution in [0.2, 0.25) is 0 Å². The van der Waals surface area contributed by atoms with Crippen LogP contribution < -0.4 is 0 Å². The van der Waals surface area contributed by atoms with E-state index in [1.807, 2.05) is 6.92 Å². The second-order valence-electron chi connectivity index (χ2n) is 10.2. The normalized spacial score (nSPS) is 16.8. The minimum absolute atomic E-state index is 0.154. The van der Waals surface area contributed by atoms with Crippen molar-refractivity contribution in [2.24, 2.45) is 0 Å². The van der Waals surface area contributed by atoms with E-state index in [1.165, 1.54) is 57.8 Å². The van der Waals surface area contributed by atoms with Gasteiger partial charge in [0.15, 0.2) is 0 Å². The van der Waals surface area contributed by atoms with E-state index in [0.29, 0.717) is 18.6 Å². The van der Waals surface area contributed by atoms with E-state index in [-0.39, 0.29) is 11.9 Å². The summed E-state index contributed by atoms with van der Waals surface area (Å²) in [5.74, 6) is -1.07. The smallest absolute Gasteiger partial charge is 0.407 e. The van der Waals surface area contributed by atoms with Crippen LogP contribution in [-0.2, 0) is 29.6 Å². The highest BCUT2D eigenvalue weighted by atomic mass is 32.2. The predicted octanol–water partition coefficient (Wildman–Crippen LogP) is 7.34. The van der Waals surface area contributed by atoms with Gasteiger partial charge in [-0.25, -0.2) is 4.79 Å². The molecule has 7 nitrogen and oxygen atoms in total. The average molecular weight is 568 g/mol. The zero-order chi connectivity index (χ0) is 27.9. The van der Waals surface area contributed by atoms with Crippen LogP contribution in [0, 0.1) is 0 Å². The molecule has 2 N–H and O–H groups in total. The first-order chi connectivity index (χ1) is 17.8. The van der Waals surface area contributed by atoms with Crippen LogP contribution in [0.1, 0.15) is 137 Å². The third-order valence-electron chi connectivity index (χ3n) is 6.79. The van der Waals surface area contributed by atoms with Crippen LogP contribution in [0.3, 0.4) is 0 Å². The zero-order valence-corrected chi connectivity index (χ0v) is 25.8. The van der Waals surface area contributed by atoms with Gasteiger partial charge in [-0.3, -0.25) is 4.21 Å². The van der Waals surface area contributed by atoms with Gasteiger partial charge in [0, 0.05) is 23.2 Å². The fraction of sp³-hybridized carbons (Fsp3) is 0.964. The molecule has 0 amide bonds. The van der Waals surface area contributed by atoms with Crippen molar-refractivity contribution in [1.82, 2.24) is 0 Å². The molecular weight excluding hydrogens is 511 g/mol. The van der Waals surface area contributed by atoms with E-state index < -0.39 is 43.0 Å². The van der Waals surface area contributed by atoms with Crippen molar-refractivity contribution in [3.8, 4) is 0 Å². The van der Waals surface area contributed by atoms with E-state index in [0.717, 1.165) is 38.5 Å². The predicted molar refractivity (Wildman–Crippen MR) is 154 cm³/mol. The molecule has 0 spiro atoms. The van der Waals surface area contributed by atoms with Crippen LogP contribution in [-0.4, -0.2) is 55.7 Å². The summed E-state index contributed by atoms with van der Waals surface area (Å²) >= 11 is 0. The highest BCUT2D eigenvalue weighted by Gasteiger charge is 2.56. The molecule has 6 atom stereocenters. The largest absolute Gasteiger partial charge is 0.476 e. The molecule has 0 fully saturated rings. The van der Waals surface area contributed by atoms with Crippen molar-refractivity contribution in [2.75, 3.05) is 12.4 Å². The molecule has 220 valence electrons. The topological polar surface area (TPSA) is 110 Å². The summed E-state index contributed by atoms with van der Waals surface area (Å²) in [6.07, 6.45) is 16.5. The molecule has 0 aromatic carbocycles. The van der Waals surface area contributed by atoms with Gasteiger partial charge in [0.25, 0.3) is 0 Å². The molecule has 0 radical (unpaired) electrons. The molecule has 9 heteroatoms. The highest BCUT2D eigenvalue weighted by molar-refractivity contribution is 7.85. The van der Waals surface area contributed by atoms with Gasteiger partial charge < -0.3 is 19.7 Å². The quantitative estimate of drug-likeness (QED) is 0.0607. The molecular formula is C28H56O7PS+. The Morgan fingerprint density at radius 2 is 1.32 bits per heavy atom. The number of carboxylic acids is 1. The van der Waals surface area contributed by atoms with E-state index in [2.05, 4.69) is 13.8 Å². The number of unbranched alkanes of at least 4 members (excludes halogenated alkanes) is 13. The van der Waals surface area contributed by atoms with E-state index in [9.17, 15) is 23.8 Å². The van der Waals surface area contributed by atoms with Crippen molar-refractivity contribution in [1.29, 1.82) is 0 Å². The van der Waals surface area contributed by atoms with Gasteiger partial charge >= 0.3 is 19.8 Å². The first-order valence-electron chi connectivity index (χ1n) is 14.8. The van der Waals surface area contributed by atoms with Crippen LogP contribution in [0.5, 0.6) is 0 Å². The van der Waals surface area contributed by atoms with Crippen molar-refractivity contribution in [3.05, 3.63) is 0 Å². The van der Waals surface area contributed by atoms with Gasteiger partial charge in [0.05, 0.1) is 11.4 Å². The van der Waals surface area contributed by atoms with Crippen molar-refractivity contribution in [2.45, 2.75) is 160 Å². The molecule has 0 bridgehead atoms. The first kappa shape index (κ1) is 36.6. The number of hydrogen-bond acceptors (Lipinski definition) is 6. The maximum atomic E-state index is 13.4. The number of aliphatic carboxylic acids is 1. The number of aliphatic hydroxyl groups is 1. The summed E-state index contributed by atoms with van der Waals surface area (Å²) in [6, 6.07) is 0. The number of rotatable bonds is 27. The second-order valence-corrected chi connectivity index (χ2v) is 13.0. The van der Waals surface area contributed by atoms with Crippen LogP contribution >= 0.6 is 8.46 Å². The molecule has 0 aliphatic rings. The van der Waals surface area contributed by atoms with Gasteiger partial charge in [-0.15, -0.1) is 0 Å².